The summed E-state index contributed by atoms with van der Waals surface area (Å²) in [6.07, 6.45) is 1.59. The van der Waals surface area contributed by atoms with Crippen LogP contribution >= 0.6 is 0 Å². The maximum atomic E-state index is 13.0. The molecule has 1 atom stereocenters. The van der Waals surface area contributed by atoms with E-state index >= 15 is 0 Å². The van der Waals surface area contributed by atoms with E-state index in [-0.39, 0.29) is 17.6 Å². The van der Waals surface area contributed by atoms with Crippen molar-refractivity contribution in [3.63, 3.8) is 0 Å². The minimum atomic E-state index is -0.445. The Labute approximate surface area is 142 Å². The standard InChI is InChI=1S/C19H24N2O3/c1-12(2)14-7-8-16-15(11-14)18(23)6-4-5-17-19(24)21(16)10-9-20(17)13(3)22/h7-8,11-12,17H,4-6,9-10H2,1-3H3/t17-/m1/s1. The number of hydrogen-bond acceptors (Lipinski definition) is 3. The Kier molecular flexibility index (Phi) is 4.43. The predicted octanol–water partition coefficient (Wildman–Crippen LogP) is 2.74. The van der Waals surface area contributed by atoms with Gasteiger partial charge in [-0.1, -0.05) is 19.9 Å². The average Bonchev–Trinajstić information content (AvgIpc) is 2.57. The molecule has 0 radical (unpaired) electrons. The Hall–Kier alpha value is -2.17. The van der Waals surface area contributed by atoms with Crippen LogP contribution in [-0.4, -0.2) is 41.6 Å². The number of nitrogens with zero attached hydrogens (tertiary/aromatic N) is 2. The number of hydrogen-bond donors (Lipinski definition) is 0. The van der Waals surface area contributed by atoms with Crippen LogP contribution in [0.3, 0.4) is 0 Å². The summed E-state index contributed by atoms with van der Waals surface area (Å²) >= 11 is 0. The number of carbonyl (C=O) groups excluding carboxylic acids is 3. The van der Waals surface area contributed by atoms with E-state index in [4.69, 9.17) is 0 Å². The van der Waals surface area contributed by atoms with E-state index in [1.807, 2.05) is 18.2 Å². The number of Topliss-reactive ketones (excluding diaryl/α,β-unsaturated/α-hetero) is 1. The van der Waals surface area contributed by atoms with E-state index in [1.165, 1.54) is 6.92 Å². The molecule has 128 valence electrons. The summed E-state index contributed by atoms with van der Waals surface area (Å²) in [5.74, 6) is 0.273. The van der Waals surface area contributed by atoms with Gasteiger partial charge in [0.15, 0.2) is 5.78 Å². The van der Waals surface area contributed by atoms with E-state index < -0.39 is 6.04 Å². The number of amides is 2. The van der Waals surface area contributed by atoms with Gasteiger partial charge in [-0.15, -0.1) is 0 Å². The fourth-order valence-electron chi connectivity index (χ4n) is 3.64. The van der Waals surface area contributed by atoms with Gasteiger partial charge in [0.1, 0.15) is 6.04 Å². The van der Waals surface area contributed by atoms with Crippen molar-refractivity contribution < 1.29 is 14.4 Å². The van der Waals surface area contributed by atoms with Crippen LogP contribution in [0.15, 0.2) is 18.2 Å². The lowest BCUT2D eigenvalue weighted by atomic mass is 9.96. The van der Waals surface area contributed by atoms with Crippen molar-refractivity contribution in [3.05, 3.63) is 29.3 Å². The molecule has 2 aliphatic heterocycles. The van der Waals surface area contributed by atoms with Gasteiger partial charge >= 0.3 is 0 Å². The molecule has 2 amide bonds. The normalized spacial score (nSPS) is 21.2. The number of anilines is 1. The number of piperazine rings is 1. The van der Waals surface area contributed by atoms with Crippen molar-refractivity contribution in [1.82, 2.24) is 4.90 Å². The molecular formula is C19H24N2O3. The fourth-order valence-corrected chi connectivity index (χ4v) is 3.64. The highest BCUT2D eigenvalue weighted by atomic mass is 16.2. The van der Waals surface area contributed by atoms with Gasteiger partial charge in [-0.25, -0.2) is 0 Å². The maximum Gasteiger partial charge on any atom is 0.249 e. The first-order chi connectivity index (χ1) is 11.4. The Morgan fingerprint density at radius 3 is 2.62 bits per heavy atom. The van der Waals surface area contributed by atoms with Crippen molar-refractivity contribution in [2.45, 2.75) is 52.0 Å². The number of carbonyl (C=O) groups is 3. The summed E-state index contributed by atoms with van der Waals surface area (Å²) in [5, 5.41) is 0. The maximum absolute atomic E-state index is 13.0. The zero-order valence-corrected chi connectivity index (χ0v) is 14.5. The quantitative estimate of drug-likeness (QED) is 0.796. The van der Waals surface area contributed by atoms with Crippen LogP contribution in [0.1, 0.15) is 61.9 Å². The number of ketones is 1. The smallest absolute Gasteiger partial charge is 0.249 e. The third-order valence-electron chi connectivity index (χ3n) is 5.06. The van der Waals surface area contributed by atoms with E-state index in [9.17, 15) is 14.4 Å². The van der Waals surface area contributed by atoms with E-state index in [0.717, 1.165) is 5.56 Å². The first kappa shape index (κ1) is 16.7. The van der Waals surface area contributed by atoms with Crippen LogP contribution in [0.4, 0.5) is 5.69 Å². The van der Waals surface area contributed by atoms with E-state index in [1.54, 1.807) is 9.80 Å². The molecule has 0 saturated carbocycles. The average molecular weight is 328 g/mol. The summed E-state index contributed by atoms with van der Waals surface area (Å²) in [6, 6.07) is 5.38. The Morgan fingerprint density at radius 1 is 1.21 bits per heavy atom. The molecule has 2 heterocycles. The number of fused-ring (bicyclic) bond motifs is 4. The predicted molar refractivity (Wildman–Crippen MR) is 92.2 cm³/mol. The number of benzene rings is 1. The van der Waals surface area contributed by atoms with Crippen LogP contribution < -0.4 is 4.90 Å². The topological polar surface area (TPSA) is 57.7 Å². The highest BCUT2D eigenvalue weighted by Crippen LogP contribution is 2.32. The van der Waals surface area contributed by atoms with Crippen molar-refractivity contribution >= 4 is 23.3 Å². The molecule has 1 saturated heterocycles. The minimum Gasteiger partial charge on any atom is -0.329 e. The summed E-state index contributed by atoms with van der Waals surface area (Å²) < 4.78 is 0. The third-order valence-corrected chi connectivity index (χ3v) is 5.06. The molecule has 3 rings (SSSR count). The second kappa shape index (κ2) is 6.38. The molecule has 2 bridgehead atoms. The van der Waals surface area contributed by atoms with Crippen molar-refractivity contribution in [1.29, 1.82) is 0 Å². The lowest BCUT2D eigenvalue weighted by Gasteiger charge is -2.40. The van der Waals surface area contributed by atoms with Crippen molar-refractivity contribution in [2.75, 3.05) is 18.0 Å². The molecule has 24 heavy (non-hydrogen) atoms. The summed E-state index contributed by atoms with van der Waals surface area (Å²) in [7, 11) is 0. The van der Waals surface area contributed by atoms with Gasteiger partial charge < -0.3 is 9.80 Å². The Bertz CT molecular complexity index is 696. The molecule has 2 aliphatic rings. The van der Waals surface area contributed by atoms with Gasteiger partial charge in [0.05, 0.1) is 5.69 Å². The second-order valence-corrected chi connectivity index (χ2v) is 6.96. The van der Waals surface area contributed by atoms with Crippen molar-refractivity contribution in [2.24, 2.45) is 0 Å². The van der Waals surface area contributed by atoms with Gasteiger partial charge in [0.2, 0.25) is 11.8 Å². The van der Waals surface area contributed by atoms with Crippen molar-refractivity contribution in [3.8, 4) is 0 Å². The third kappa shape index (κ3) is 2.83. The fraction of sp³-hybridized carbons (Fsp3) is 0.526. The zero-order valence-electron chi connectivity index (χ0n) is 14.5. The molecular weight excluding hydrogens is 304 g/mol. The highest BCUT2D eigenvalue weighted by molar-refractivity contribution is 6.08. The lowest BCUT2D eigenvalue weighted by molar-refractivity contribution is -0.140. The molecule has 5 nitrogen and oxygen atoms in total. The molecule has 0 unspecified atom stereocenters. The lowest BCUT2D eigenvalue weighted by Crippen LogP contribution is -2.58. The summed E-state index contributed by atoms with van der Waals surface area (Å²) in [5.41, 5.74) is 2.45. The first-order valence-electron chi connectivity index (χ1n) is 8.66. The van der Waals surface area contributed by atoms with Crippen LogP contribution in [0.2, 0.25) is 0 Å². The van der Waals surface area contributed by atoms with Gasteiger partial charge in [-0.2, -0.15) is 0 Å². The van der Waals surface area contributed by atoms with Crippen LogP contribution in [0.5, 0.6) is 0 Å². The molecule has 0 spiro atoms. The monoisotopic (exact) mass is 328 g/mol. The zero-order chi connectivity index (χ0) is 17.4. The van der Waals surface area contributed by atoms with Gasteiger partial charge in [0, 0.05) is 32.0 Å². The molecule has 1 aromatic rings. The van der Waals surface area contributed by atoms with E-state index in [0.29, 0.717) is 49.5 Å². The van der Waals surface area contributed by atoms with E-state index in [2.05, 4.69) is 13.8 Å². The van der Waals surface area contributed by atoms with Gasteiger partial charge in [-0.3, -0.25) is 14.4 Å². The van der Waals surface area contributed by atoms with Gasteiger partial charge in [-0.05, 0) is 36.5 Å². The second-order valence-electron chi connectivity index (χ2n) is 6.96. The largest absolute Gasteiger partial charge is 0.329 e. The Balaban J connectivity index is 2.06. The molecule has 0 aromatic heterocycles. The molecule has 1 fully saturated rings. The first-order valence-corrected chi connectivity index (χ1v) is 8.66. The van der Waals surface area contributed by atoms with Gasteiger partial charge in [0.25, 0.3) is 0 Å². The Morgan fingerprint density at radius 2 is 1.96 bits per heavy atom. The number of rotatable bonds is 1. The highest BCUT2D eigenvalue weighted by Gasteiger charge is 2.38. The summed E-state index contributed by atoms with van der Waals surface area (Å²) in [4.78, 5) is 40.8. The summed E-state index contributed by atoms with van der Waals surface area (Å²) in [6.45, 7) is 6.65. The van der Waals surface area contributed by atoms with Crippen LogP contribution in [0, 0.1) is 0 Å². The molecule has 0 aliphatic carbocycles. The van der Waals surface area contributed by atoms with Crippen LogP contribution in [-0.2, 0) is 9.59 Å². The minimum absolute atomic E-state index is 0.0651. The molecule has 1 aromatic carbocycles. The molecule has 0 N–H and O–H groups in total. The van der Waals surface area contributed by atoms with Crippen LogP contribution in [0.25, 0.3) is 0 Å². The SMILES string of the molecule is CC(=O)N1CCN2C(=O)[C@H]1CCCC(=O)c1cc(C(C)C)ccc12. The molecule has 5 heteroatoms.